The minimum absolute atomic E-state index is 0.0938. The number of hydrogen-bond donors (Lipinski definition) is 0. The Labute approximate surface area is 117 Å². The predicted molar refractivity (Wildman–Crippen MR) is 74.1 cm³/mol. The van der Waals surface area contributed by atoms with E-state index in [1.165, 1.54) is 11.3 Å². The van der Waals surface area contributed by atoms with Crippen LogP contribution in [0.2, 0.25) is 0 Å². The number of thiophene rings is 1. The summed E-state index contributed by atoms with van der Waals surface area (Å²) in [5, 5.41) is -0.134. The second-order valence-electron chi connectivity index (χ2n) is 5.99. The van der Waals surface area contributed by atoms with Gasteiger partial charge in [-0.05, 0) is 51.7 Å². The van der Waals surface area contributed by atoms with E-state index >= 15 is 0 Å². The first-order chi connectivity index (χ1) is 8.76. The lowest BCUT2D eigenvalue weighted by Crippen LogP contribution is -2.43. The Morgan fingerprint density at radius 3 is 2.84 bits per heavy atom. The largest absolute Gasteiger partial charge is 0.444 e. The molecule has 1 aliphatic carbocycles. The molecule has 19 heavy (non-hydrogen) atoms. The summed E-state index contributed by atoms with van der Waals surface area (Å²) in [6.07, 6.45) is 2.10. The Hall–Kier alpha value is -1.10. The number of nitrogens with zero attached hydrogens (tertiary/aromatic N) is 1. The number of rotatable bonds is 1. The fourth-order valence-corrected chi connectivity index (χ4v) is 3.21. The maximum Gasteiger partial charge on any atom is 0.410 e. The lowest BCUT2D eigenvalue weighted by molar-refractivity contribution is 0.0210. The van der Waals surface area contributed by atoms with Crippen LogP contribution in [-0.2, 0) is 17.6 Å². The van der Waals surface area contributed by atoms with E-state index in [2.05, 4.69) is 0 Å². The fraction of sp³-hybridized carbons (Fsp3) is 0.643. The third-order valence-corrected chi connectivity index (χ3v) is 4.28. The second-order valence-corrected chi connectivity index (χ2v) is 7.07. The standard InChI is InChI=1S/C14H20FNO2S/c1-14(2,3)18-13(17)16(4)10-5-6-11-9(7-10)8-12(15)19-11/h8,10H,5-7H2,1-4H3. The van der Waals surface area contributed by atoms with Crippen molar-refractivity contribution >= 4 is 17.4 Å². The van der Waals surface area contributed by atoms with Crippen LogP contribution in [-0.4, -0.2) is 29.7 Å². The number of ether oxygens (including phenoxy) is 1. The first-order valence-corrected chi connectivity index (χ1v) is 7.31. The van der Waals surface area contributed by atoms with Gasteiger partial charge in [0.1, 0.15) is 5.60 Å². The Bertz CT molecular complexity index is 478. The van der Waals surface area contributed by atoms with Crippen molar-refractivity contribution in [1.82, 2.24) is 4.90 Å². The molecule has 0 aliphatic heterocycles. The Morgan fingerprint density at radius 2 is 2.21 bits per heavy atom. The zero-order valence-electron chi connectivity index (χ0n) is 11.8. The molecule has 1 amide bonds. The SMILES string of the molecule is CN(C(=O)OC(C)(C)C)C1CCc2sc(F)cc2C1. The van der Waals surface area contributed by atoms with E-state index in [0.29, 0.717) is 6.42 Å². The van der Waals surface area contributed by atoms with Crippen LogP contribution >= 0.6 is 11.3 Å². The predicted octanol–water partition coefficient (Wildman–Crippen LogP) is 3.61. The molecule has 1 aromatic heterocycles. The third-order valence-electron chi connectivity index (χ3n) is 3.26. The number of halogens is 1. The number of hydrogen-bond acceptors (Lipinski definition) is 3. The van der Waals surface area contributed by atoms with E-state index in [4.69, 9.17) is 4.74 Å². The van der Waals surface area contributed by atoms with Gasteiger partial charge in [0.2, 0.25) is 0 Å². The molecule has 106 valence electrons. The normalized spacial score (nSPS) is 18.9. The highest BCUT2D eigenvalue weighted by atomic mass is 32.1. The minimum Gasteiger partial charge on any atom is -0.444 e. The topological polar surface area (TPSA) is 29.5 Å². The zero-order chi connectivity index (χ0) is 14.2. The molecule has 0 aromatic carbocycles. The molecule has 0 saturated carbocycles. The molecular formula is C14H20FNO2S. The van der Waals surface area contributed by atoms with E-state index in [1.54, 1.807) is 18.0 Å². The van der Waals surface area contributed by atoms with Crippen LogP contribution in [0.1, 0.15) is 37.6 Å². The maximum atomic E-state index is 13.2. The lowest BCUT2D eigenvalue weighted by atomic mass is 9.94. The highest BCUT2D eigenvalue weighted by molar-refractivity contribution is 7.10. The van der Waals surface area contributed by atoms with E-state index < -0.39 is 5.60 Å². The van der Waals surface area contributed by atoms with Gasteiger partial charge in [0.05, 0.1) is 0 Å². The van der Waals surface area contributed by atoms with Gasteiger partial charge in [-0.1, -0.05) is 0 Å². The molecule has 0 spiro atoms. The van der Waals surface area contributed by atoms with E-state index in [9.17, 15) is 9.18 Å². The first kappa shape index (κ1) is 14.3. The Kier molecular flexibility index (Phi) is 3.85. The van der Waals surface area contributed by atoms with Gasteiger partial charge in [-0.25, -0.2) is 4.79 Å². The van der Waals surface area contributed by atoms with Crippen LogP contribution in [0.15, 0.2) is 6.07 Å². The third kappa shape index (κ3) is 3.47. The van der Waals surface area contributed by atoms with Gasteiger partial charge in [0.25, 0.3) is 0 Å². The van der Waals surface area contributed by atoms with Crippen LogP contribution in [0.25, 0.3) is 0 Å². The average molecular weight is 285 g/mol. The molecule has 1 aromatic rings. The zero-order valence-corrected chi connectivity index (χ0v) is 12.6. The van der Waals surface area contributed by atoms with Gasteiger partial charge in [-0.2, -0.15) is 4.39 Å². The summed E-state index contributed by atoms with van der Waals surface area (Å²) in [5.74, 6) is 0. The molecule has 1 unspecified atom stereocenters. The van der Waals surface area contributed by atoms with Crippen molar-refractivity contribution in [1.29, 1.82) is 0 Å². The quantitative estimate of drug-likeness (QED) is 0.789. The summed E-state index contributed by atoms with van der Waals surface area (Å²) in [7, 11) is 1.76. The molecule has 0 bridgehead atoms. The van der Waals surface area contributed by atoms with Crippen molar-refractivity contribution in [3.63, 3.8) is 0 Å². The monoisotopic (exact) mass is 285 g/mol. The van der Waals surface area contributed by atoms with Gasteiger partial charge in [-0.3, -0.25) is 0 Å². The Balaban J connectivity index is 2.02. The van der Waals surface area contributed by atoms with Gasteiger partial charge in [0, 0.05) is 18.0 Å². The van der Waals surface area contributed by atoms with E-state index in [0.717, 1.165) is 23.3 Å². The summed E-state index contributed by atoms with van der Waals surface area (Å²) in [4.78, 5) is 14.8. The van der Waals surface area contributed by atoms with Gasteiger partial charge < -0.3 is 9.64 Å². The van der Waals surface area contributed by atoms with Crippen molar-refractivity contribution in [2.45, 2.75) is 51.7 Å². The highest BCUT2D eigenvalue weighted by Gasteiger charge is 2.29. The summed E-state index contributed by atoms with van der Waals surface area (Å²) in [6.45, 7) is 5.56. The number of amides is 1. The molecule has 3 nitrogen and oxygen atoms in total. The second kappa shape index (κ2) is 5.12. The molecular weight excluding hydrogens is 265 g/mol. The number of carbonyl (C=O) groups excluding carboxylic acids is 1. The van der Waals surface area contributed by atoms with Crippen molar-refractivity contribution in [2.24, 2.45) is 0 Å². The van der Waals surface area contributed by atoms with Gasteiger partial charge in [0.15, 0.2) is 5.13 Å². The average Bonchev–Trinajstić information content (AvgIpc) is 2.64. The molecule has 0 N–H and O–H groups in total. The fourth-order valence-electron chi connectivity index (χ4n) is 2.28. The molecule has 0 fully saturated rings. The van der Waals surface area contributed by atoms with Crippen molar-refractivity contribution in [3.05, 3.63) is 21.6 Å². The minimum atomic E-state index is -0.486. The van der Waals surface area contributed by atoms with Crippen molar-refractivity contribution in [3.8, 4) is 0 Å². The molecule has 0 saturated heterocycles. The van der Waals surface area contributed by atoms with Crippen LogP contribution in [0.3, 0.4) is 0 Å². The summed E-state index contributed by atoms with van der Waals surface area (Å²) in [5.41, 5.74) is 0.550. The number of likely N-dealkylation sites (N-methyl/N-ethyl adjacent to an activating group) is 1. The molecule has 0 radical (unpaired) electrons. The van der Waals surface area contributed by atoms with Crippen molar-refractivity contribution < 1.29 is 13.9 Å². The summed E-state index contributed by atoms with van der Waals surface area (Å²) >= 11 is 1.22. The molecule has 1 atom stereocenters. The van der Waals surface area contributed by atoms with Crippen LogP contribution in [0, 0.1) is 5.13 Å². The maximum absolute atomic E-state index is 13.2. The summed E-state index contributed by atoms with van der Waals surface area (Å²) in [6, 6.07) is 1.69. The van der Waals surface area contributed by atoms with Crippen LogP contribution in [0.5, 0.6) is 0 Å². The number of fused-ring (bicyclic) bond motifs is 1. The smallest absolute Gasteiger partial charge is 0.410 e. The molecule has 2 rings (SSSR count). The Morgan fingerprint density at radius 1 is 1.53 bits per heavy atom. The lowest BCUT2D eigenvalue weighted by Gasteiger charge is -2.32. The first-order valence-electron chi connectivity index (χ1n) is 6.49. The van der Waals surface area contributed by atoms with E-state index in [1.807, 2.05) is 20.8 Å². The number of aryl methyl sites for hydroxylation is 1. The van der Waals surface area contributed by atoms with Gasteiger partial charge >= 0.3 is 6.09 Å². The van der Waals surface area contributed by atoms with Crippen molar-refractivity contribution in [2.75, 3.05) is 7.05 Å². The summed E-state index contributed by atoms with van der Waals surface area (Å²) < 4.78 is 18.6. The van der Waals surface area contributed by atoms with Crippen LogP contribution in [0.4, 0.5) is 9.18 Å². The highest BCUT2D eigenvalue weighted by Crippen LogP contribution is 2.30. The molecule has 1 heterocycles. The molecule has 5 heteroatoms. The number of carbonyl (C=O) groups is 1. The van der Waals surface area contributed by atoms with Gasteiger partial charge in [-0.15, -0.1) is 11.3 Å². The van der Waals surface area contributed by atoms with E-state index in [-0.39, 0.29) is 17.3 Å². The molecule has 1 aliphatic rings. The van der Waals surface area contributed by atoms with Crippen LogP contribution < -0.4 is 0 Å².